The minimum Gasteiger partial charge on any atom is -0.366 e. The Labute approximate surface area is 178 Å². The molecular weight excluding hydrogens is 415 g/mol. The van der Waals surface area contributed by atoms with Crippen molar-refractivity contribution in [1.29, 1.82) is 0 Å². The van der Waals surface area contributed by atoms with E-state index in [2.05, 4.69) is 5.32 Å². The normalized spacial score (nSPS) is 18.9. The quantitative estimate of drug-likeness (QED) is 0.437. The van der Waals surface area contributed by atoms with Gasteiger partial charge in [-0.3, -0.25) is 19.7 Å². The molecule has 162 valence electrons. The molecule has 0 amide bonds. The molecular formula is C20H24ClFN4O4. The minimum atomic E-state index is -0.955. The third kappa shape index (κ3) is 3.91. The van der Waals surface area contributed by atoms with E-state index in [4.69, 9.17) is 0 Å². The maximum Gasteiger partial charge on any atom is 0.266 e. The van der Waals surface area contributed by atoms with Crippen molar-refractivity contribution in [3.8, 4) is 0 Å². The van der Waals surface area contributed by atoms with E-state index < -0.39 is 28.5 Å². The topological polar surface area (TPSA) is 97.5 Å². The van der Waals surface area contributed by atoms with Gasteiger partial charge in [-0.05, 0) is 32.8 Å². The van der Waals surface area contributed by atoms with Gasteiger partial charge >= 0.3 is 0 Å². The molecule has 0 unspecified atom stereocenters. The Kier molecular flexibility index (Phi) is 6.14. The first kappa shape index (κ1) is 22.2. The highest BCUT2D eigenvalue weighted by atomic mass is 35.5. The Hall–Kier alpha value is -2.52. The lowest BCUT2D eigenvalue weighted by Gasteiger charge is -2.34. The molecule has 1 aromatic heterocycles. The molecule has 8 nitrogen and oxygen atoms in total. The molecule has 30 heavy (non-hydrogen) atoms. The number of nitro groups is 1. The summed E-state index contributed by atoms with van der Waals surface area (Å²) < 4.78 is 17.1. The number of nitrogens with one attached hydrogen (secondary N) is 1. The molecule has 10 heteroatoms. The number of piperazine rings is 1. The number of benzene rings is 1. The van der Waals surface area contributed by atoms with Crippen LogP contribution in [-0.4, -0.2) is 47.5 Å². The lowest BCUT2D eigenvalue weighted by atomic mass is 10.0. The zero-order valence-corrected chi connectivity index (χ0v) is 17.6. The number of carbonyl (C=O) groups excluding carboxylic acids is 1. The highest BCUT2D eigenvalue weighted by Crippen LogP contribution is 2.39. The summed E-state index contributed by atoms with van der Waals surface area (Å²) in [4.78, 5) is 37.3. The number of aromatic nitrogens is 1. The van der Waals surface area contributed by atoms with E-state index in [1.807, 2.05) is 16.4 Å². The van der Waals surface area contributed by atoms with Crippen LogP contribution >= 0.6 is 12.4 Å². The van der Waals surface area contributed by atoms with E-state index in [1.165, 1.54) is 13.1 Å². The fourth-order valence-electron chi connectivity index (χ4n) is 4.09. The van der Waals surface area contributed by atoms with Crippen LogP contribution in [-0.2, 0) is 0 Å². The molecule has 2 aromatic rings. The molecule has 1 N–H and O–H groups in total. The van der Waals surface area contributed by atoms with Crippen molar-refractivity contribution in [2.45, 2.75) is 38.8 Å². The van der Waals surface area contributed by atoms with Gasteiger partial charge in [0.1, 0.15) is 5.82 Å². The number of rotatable bonds is 5. The molecule has 4 rings (SSSR count). The smallest absolute Gasteiger partial charge is 0.266 e. The monoisotopic (exact) mass is 438 g/mol. The predicted molar refractivity (Wildman–Crippen MR) is 114 cm³/mol. The van der Waals surface area contributed by atoms with Gasteiger partial charge in [-0.1, -0.05) is 0 Å². The number of pyridine rings is 1. The molecule has 1 saturated carbocycles. The van der Waals surface area contributed by atoms with Crippen molar-refractivity contribution in [2.75, 3.05) is 31.1 Å². The van der Waals surface area contributed by atoms with Crippen LogP contribution in [0.15, 0.2) is 17.1 Å². The van der Waals surface area contributed by atoms with Crippen molar-refractivity contribution in [1.82, 2.24) is 9.88 Å². The first-order chi connectivity index (χ1) is 13.8. The van der Waals surface area contributed by atoms with Crippen molar-refractivity contribution in [3.63, 3.8) is 0 Å². The van der Waals surface area contributed by atoms with Gasteiger partial charge in [0.25, 0.3) is 6.54 Å². The highest BCUT2D eigenvalue weighted by Gasteiger charge is 2.30. The molecule has 2 heterocycles. The summed E-state index contributed by atoms with van der Waals surface area (Å²) in [6.45, 7) is 4.65. The summed E-state index contributed by atoms with van der Waals surface area (Å²) >= 11 is 0. The molecule has 0 spiro atoms. The lowest BCUT2D eigenvalue weighted by molar-refractivity contribution is -0.465. The van der Waals surface area contributed by atoms with Gasteiger partial charge in [0.15, 0.2) is 0 Å². The van der Waals surface area contributed by atoms with Gasteiger partial charge in [-0.2, -0.15) is 0 Å². The number of nitrogens with zero attached hydrogens (tertiary/aromatic N) is 3. The number of Topliss-reactive ketones (excluding diaryl/α,β-unsaturated/α-hetero) is 1. The number of hydrogen-bond acceptors (Lipinski definition) is 6. The van der Waals surface area contributed by atoms with Crippen LogP contribution in [0.1, 0.15) is 41.7 Å². The Morgan fingerprint density at radius 3 is 2.70 bits per heavy atom. The summed E-state index contributed by atoms with van der Waals surface area (Å²) in [5.74, 6) is -1.33. The fraction of sp³-hybridized carbons (Fsp3) is 0.500. The molecule has 2 fully saturated rings. The van der Waals surface area contributed by atoms with E-state index in [9.17, 15) is 19.7 Å². The third-order valence-electron chi connectivity index (χ3n) is 5.70. The number of halogens is 2. The first-order valence-corrected chi connectivity index (χ1v) is 9.79. The lowest BCUT2D eigenvalue weighted by Crippen LogP contribution is -2.49. The number of ketones is 1. The van der Waals surface area contributed by atoms with E-state index in [1.54, 1.807) is 6.07 Å². The van der Waals surface area contributed by atoms with Crippen LogP contribution in [0.3, 0.4) is 0 Å². The molecule has 2 aliphatic rings. The molecule has 1 aromatic carbocycles. The van der Waals surface area contributed by atoms with Gasteiger partial charge in [-0.15, -0.1) is 12.4 Å². The molecule has 1 atom stereocenters. The van der Waals surface area contributed by atoms with Gasteiger partial charge in [0.2, 0.25) is 11.2 Å². The molecule has 1 aliphatic heterocycles. The highest BCUT2D eigenvalue weighted by molar-refractivity contribution is 6.00. The molecule has 1 aliphatic carbocycles. The van der Waals surface area contributed by atoms with Crippen LogP contribution in [0.5, 0.6) is 0 Å². The van der Waals surface area contributed by atoms with Crippen LogP contribution in [0.2, 0.25) is 0 Å². The average Bonchev–Trinajstić information content (AvgIpc) is 3.49. The van der Waals surface area contributed by atoms with Crippen molar-refractivity contribution >= 4 is 34.8 Å². The number of aryl methyl sites for hydroxylation is 1. The number of hydrogen-bond donors (Lipinski definition) is 1. The minimum absolute atomic E-state index is 0. The molecule has 0 radical (unpaired) electrons. The maximum atomic E-state index is 15.3. The molecule has 0 bridgehead atoms. The van der Waals surface area contributed by atoms with Crippen LogP contribution in [0.25, 0.3) is 10.9 Å². The van der Waals surface area contributed by atoms with E-state index >= 15 is 4.39 Å². The average molecular weight is 439 g/mol. The van der Waals surface area contributed by atoms with Crippen LogP contribution in [0.4, 0.5) is 10.1 Å². The first-order valence-electron chi connectivity index (χ1n) is 9.79. The summed E-state index contributed by atoms with van der Waals surface area (Å²) in [7, 11) is 0. The van der Waals surface area contributed by atoms with Crippen LogP contribution in [0, 0.1) is 22.9 Å². The van der Waals surface area contributed by atoms with Crippen molar-refractivity contribution < 1.29 is 14.1 Å². The zero-order valence-electron chi connectivity index (χ0n) is 16.8. The second-order valence-electron chi connectivity index (χ2n) is 7.95. The second-order valence-corrected chi connectivity index (χ2v) is 7.95. The Balaban J connectivity index is 0.00000256. The summed E-state index contributed by atoms with van der Waals surface area (Å²) in [5.41, 5.74) is 0.322. The largest absolute Gasteiger partial charge is 0.366 e. The Bertz CT molecular complexity index is 1080. The van der Waals surface area contributed by atoms with Gasteiger partial charge in [0, 0.05) is 48.4 Å². The summed E-state index contributed by atoms with van der Waals surface area (Å²) in [5, 5.41) is 14.2. The Morgan fingerprint density at radius 1 is 1.40 bits per heavy atom. The maximum absolute atomic E-state index is 15.3. The second kappa shape index (κ2) is 8.31. The van der Waals surface area contributed by atoms with E-state index in [0.717, 1.165) is 19.4 Å². The zero-order chi connectivity index (χ0) is 20.9. The third-order valence-corrected chi connectivity index (χ3v) is 5.70. The van der Waals surface area contributed by atoms with Gasteiger partial charge in [0.05, 0.1) is 22.2 Å². The van der Waals surface area contributed by atoms with E-state index in [-0.39, 0.29) is 41.0 Å². The molecule has 1 saturated heterocycles. The summed E-state index contributed by atoms with van der Waals surface area (Å²) in [6.07, 6.45) is 3.20. The standard InChI is InChI=1S/C20H23FN4O4.ClH/c1-11-8-23(6-5-22-11)16-7-15-18(12(2)19(16)21)20(27)14(17(26)10-25(28)29)9-24(15)13-3-4-13;/h7,9,11,13,22H,3-6,8,10H2,1-2H3;1H/t11-;/m1./s1. The predicted octanol–water partition coefficient (Wildman–Crippen LogP) is 2.46. The van der Waals surface area contributed by atoms with Crippen molar-refractivity contribution in [2.24, 2.45) is 0 Å². The van der Waals surface area contributed by atoms with Crippen molar-refractivity contribution in [3.05, 3.63) is 49.5 Å². The number of anilines is 1. The summed E-state index contributed by atoms with van der Waals surface area (Å²) in [6, 6.07) is 2.02. The van der Waals surface area contributed by atoms with Gasteiger partial charge < -0.3 is 14.8 Å². The van der Waals surface area contributed by atoms with E-state index in [0.29, 0.717) is 24.3 Å². The number of fused-ring (bicyclic) bond motifs is 1. The fourth-order valence-corrected chi connectivity index (χ4v) is 4.09. The SMILES string of the molecule is Cc1c(F)c(N2CCN[C@H](C)C2)cc2c1c(=O)c(C(=O)C[N+](=O)[O-])cn2C1CC1.Cl. The Morgan fingerprint density at radius 2 is 2.10 bits per heavy atom. The number of carbonyl (C=O) groups is 1. The van der Waals surface area contributed by atoms with Crippen LogP contribution < -0.4 is 15.6 Å². The van der Waals surface area contributed by atoms with Gasteiger partial charge in [-0.25, -0.2) is 4.39 Å².